The fourth-order valence-electron chi connectivity index (χ4n) is 2.64. The third-order valence-corrected chi connectivity index (χ3v) is 4.69. The van der Waals surface area contributed by atoms with E-state index < -0.39 is 5.54 Å². The van der Waals surface area contributed by atoms with Crippen LogP contribution in [0.3, 0.4) is 0 Å². The molecule has 0 saturated carbocycles. The lowest BCUT2D eigenvalue weighted by Crippen LogP contribution is -2.41. The fourth-order valence-corrected chi connectivity index (χ4v) is 3.96. The van der Waals surface area contributed by atoms with E-state index in [0.717, 1.165) is 21.1 Å². The molecule has 1 aliphatic rings. The average molecular weight is 403 g/mol. The van der Waals surface area contributed by atoms with Crippen molar-refractivity contribution < 1.29 is 9.90 Å². The minimum Gasteiger partial charge on any atom is -0.396 e. The molecule has 20 heavy (non-hydrogen) atoms. The minimum atomic E-state index is -0.622. The van der Waals surface area contributed by atoms with Crippen LogP contribution in [0.5, 0.6) is 0 Å². The molecule has 5 heteroatoms. The van der Waals surface area contributed by atoms with E-state index in [9.17, 15) is 4.79 Å². The second kappa shape index (κ2) is 6.41. The minimum absolute atomic E-state index is 0.104. The number of ketones is 1. The van der Waals surface area contributed by atoms with Gasteiger partial charge in [0.1, 0.15) is 5.54 Å². The number of carbonyl (C=O) groups is 1. The van der Waals surface area contributed by atoms with E-state index in [4.69, 9.17) is 5.11 Å². The molecule has 1 aromatic rings. The van der Waals surface area contributed by atoms with Gasteiger partial charge in [0.2, 0.25) is 0 Å². The summed E-state index contributed by atoms with van der Waals surface area (Å²) in [6.07, 6.45) is 4.55. The second-order valence-corrected chi connectivity index (χ2v) is 6.79. The Hall–Kier alpha value is -0.650. The molecular weight excluding hydrogens is 386 g/mol. The van der Waals surface area contributed by atoms with Crippen LogP contribution in [0.4, 0.5) is 5.69 Å². The van der Waals surface area contributed by atoms with Crippen LogP contribution >= 0.6 is 31.9 Å². The number of aliphatic hydroxyl groups is 1. The second-order valence-electron chi connectivity index (χ2n) is 5.02. The molecule has 1 aliphatic heterocycles. The predicted molar refractivity (Wildman–Crippen MR) is 88.3 cm³/mol. The van der Waals surface area contributed by atoms with E-state index in [2.05, 4.69) is 43.8 Å². The Morgan fingerprint density at radius 2 is 2.10 bits per heavy atom. The highest BCUT2D eigenvalue weighted by atomic mass is 79.9. The largest absolute Gasteiger partial charge is 0.396 e. The third kappa shape index (κ3) is 2.85. The number of hydrogen-bond acceptors (Lipinski definition) is 3. The van der Waals surface area contributed by atoms with Crippen LogP contribution in [0.1, 0.15) is 36.0 Å². The quantitative estimate of drug-likeness (QED) is 0.550. The number of nitrogens with one attached hydrogen (secondary N) is 1. The molecule has 0 spiro atoms. The Kier molecular flexibility index (Phi) is 5.04. The van der Waals surface area contributed by atoms with Crippen molar-refractivity contribution in [2.75, 3.05) is 11.9 Å². The van der Waals surface area contributed by atoms with Gasteiger partial charge in [-0.05, 0) is 53.7 Å². The summed E-state index contributed by atoms with van der Waals surface area (Å²) in [5.41, 5.74) is 0.934. The summed E-state index contributed by atoms with van der Waals surface area (Å²) in [7, 11) is 0. The first-order valence-corrected chi connectivity index (χ1v) is 8.16. The van der Waals surface area contributed by atoms with Crippen LogP contribution in [0.2, 0.25) is 0 Å². The van der Waals surface area contributed by atoms with Gasteiger partial charge < -0.3 is 10.4 Å². The van der Waals surface area contributed by atoms with Crippen molar-refractivity contribution in [3.63, 3.8) is 0 Å². The van der Waals surface area contributed by atoms with Gasteiger partial charge in [0.25, 0.3) is 0 Å². The van der Waals surface area contributed by atoms with Gasteiger partial charge in [-0.25, -0.2) is 0 Å². The maximum Gasteiger partial charge on any atom is 0.190 e. The van der Waals surface area contributed by atoms with Crippen LogP contribution < -0.4 is 5.32 Å². The monoisotopic (exact) mass is 401 g/mol. The Morgan fingerprint density at radius 3 is 2.75 bits per heavy atom. The predicted octanol–water partition coefficient (Wildman–Crippen LogP) is 4.30. The number of halogens is 2. The zero-order chi connectivity index (χ0) is 14.8. The van der Waals surface area contributed by atoms with Crippen LogP contribution in [0, 0.1) is 0 Å². The summed E-state index contributed by atoms with van der Waals surface area (Å²) in [4.78, 5) is 12.8. The van der Waals surface area contributed by atoms with Gasteiger partial charge in [0.15, 0.2) is 5.78 Å². The topological polar surface area (TPSA) is 49.3 Å². The Morgan fingerprint density at radius 1 is 1.35 bits per heavy atom. The van der Waals surface area contributed by atoms with Crippen molar-refractivity contribution in [2.24, 2.45) is 0 Å². The van der Waals surface area contributed by atoms with Crippen LogP contribution in [-0.4, -0.2) is 23.0 Å². The van der Waals surface area contributed by atoms with Gasteiger partial charge in [0, 0.05) is 21.1 Å². The highest BCUT2D eigenvalue weighted by molar-refractivity contribution is 9.11. The Bertz CT molecular complexity index is 545. The molecule has 1 heterocycles. The van der Waals surface area contributed by atoms with Gasteiger partial charge in [-0.1, -0.05) is 22.0 Å². The molecule has 0 saturated heterocycles. The molecule has 2 rings (SSSR count). The Labute approximate surface area is 135 Å². The first-order chi connectivity index (χ1) is 9.54. The number of unbranched alkanes of at least 4 members (excludes halogenated alkanes) is 1. The van der Waals surface area contributed by atoms with E-state index in [1.165, 1.54) is 0 Å². The lowest BCUT2D eigenvalue weighted by molar-refractivity contribution is 0.0909. The van der Waals surface area contributed by atoms with Crippen LogP contribution in [-0.2, 0) is 0 Å². The standard InChI is InChI=1S/C15H17Br2NO2/c1-2-5-15(6-3-4-7-19)14(20)11-8-10(16)9-12(17)13(11)18-15/h2,8-9,18-19H,1,3-7H2. The number of carbonyl (C=O) groups excluding carboxylic acids is 1. The first-order valence-electron chi connectivity index (χ1n) is 6.58. The van der Waals surface area contributed by atoms with Crippen molar-refractivity contribution in [3.8, 4) is 0 Å². The molecule has 0 aliphatic carbocycles. The number of benzene rings is 1. The van der Waals surface area contributed by atoms with Gasteiger partial charge in [-0.15, -0.1) is 6.58 Å². The highest BCUT2D eigenvalue weighted by Crippen LogP contribution is 2.43. The maximum absolute atomic E-state index is 12.8. The van der Waals surface area contributed by atoms with Gasteiger partial charge in [-0.3, -0.25) is 4.79 Å². The molecule has 0 fully saturated rings. The number of aliphatic hydroxyl groups excluding tert-OH is 1. The number of rotatable bonds is 6. The van der Waals surface area contributed by atoms with E-state index in [-0.39, 0.29) is 12.4 Å². The smallest absolute Gasteiger partial charge is 0.190 e. The molecule has 1 unspecified atom stereocenters. The van der Waals surface area contributed by atoms with Gasteiger partial charge >= 0.3 is 0 Å². The highest BCUT2D eigenvalue weighted by Gasteiger charge is 2.44. The number of anilines is 1. The average Bonchev–Trinajstić information content (AvgIpc) is 2.66. The third-order valence-electron chi connectivity index (χ3n) is 3.60. The molecule has 1 atom stereocenters. The van der Waals surface area contributed by atoms with E-state index in [0.29, 0.717) is 24.8 Å². The number of Topliss-reactive ketones (excluding diaryl/α,β-unsaturated/α-hetero) is 1. The summed E-state index contributed by atoms with van der Waals surface area (Å²) in [5.74, 6) is 0.104. The van der Waals surface area contributed by atoms with Crippen molar-refractivity contribution in [1.82, 2.24) is 0 Å². The molecule has 3 nitrogen and oxygen atoms in total. The van der Waals surface area contributed by atoms with Crippen molar-refractivity contribution in [2.45, 2.75) is 31.2 Å². The van der Waals surface area contributed by atoms with Crippen LogP contribution in [0.15, 0.2) is 33.7 Å². The summed E-state index contributed by atoms with van der Waals surface area (Å²) in [5, 5.41) is 12.3. The summed E-state index contributed by atoms with van der Waals surface area (Å²) in [6, 6.07) is 3.78. The van der Waals surface area contributed by atoms with Crippen molar-refractivity contribution >= 4 is 43.3 Å². The molecule has 2 N–H and O–H groups in total. The SMILES string of the molecule is C=CCC1(CCCCO)Nc2c(Br)cc(Br)cc2C1=O. The van der Waals surface area contributed by atoms with E-state index >= 15 is 0 Å². The van der Waals surface area contributed by atoms with Crippen molar-refractivity contribution in [1.29, 1.82) is 0 Å². The Balaban J connectivity index is 2.35. The molecular formula is C15H17Br2NO2. The normalized spacial score (nSPS) is 20.6. The first kappa shape index (κ1) is 15.7. The summed E-state index contributed by atoms with van der Waals surface area (Å²) < 4.78 is 1.76. The molecule has 0 radical (unpaired) electrons. The summed E-state index contributed by atoms with van der Waals surface area (Å²) in [6.45, 7) is 3.93. The van der Waals surface area contributed by atoms with Gasteiger partial charge in [-0.2, -0.15) is 0 Å². The fraction of sp³-hybridized carbons (Fsp3) is 0.400. The molecule has 0 aromatic heterocycles. The molecule has 1 aromatic carbocycles. The lowest BCUT2D eigenvalue weighted by atomic mass is 9.85. The molecule has 0 bridgehead atoms. The zero-order valence-corrected chi connectivity index (χ0v) is 14.3. The molecule has 0 amide bonds. The van der Waals surface area contributed by atoms with Crippen LogP contribution in [0.25, 0.3) is 0 Å². The lowest BCUT2D eigenvalue weighted by Gasteiger charge is -2.27. The zero-order valence-electron chi connectivity index (χ0n) is 11.1. The van der Waals surface area contributed by atoms with E-state index in [1.54, 1.807) is 6.08 Å². The molecule has 108 valence electrons. The number of hydrogen-bond donors (Lipinski definition) is 2. The maximum atomic E-state index is 12.8. The number of fused-ring (bicyclic) bond motifs is 1. The van der Waals surface area contributed by atoms with E-state index in [1.807, 2.05) is 12.1 Å². The van der Waals surface area contributed by atoms with Crippen molar-refractivity contribution in [3.05, 3.63) is 39.3 Å². The summed E-state index contributed by atoms with van der Waals surface area (Å²) >= 11 is 6.92. The van der Waals surface area contributed by atoms with Gasteiger partial charge in [0.05, 0.1) is 5.69 Å².